The molecular formula is C13H18N4O2S. The summed E-state index contributed by atoms with van der Waals surface area (Å²) in [4.78, 5) is 6.13. The van der Waals surface area contributed by atoms with Crippen molar-refractivity contribution in [2.24, 2.45) is 5.92 Å². The Balaban J connectivity index is 1.95. The van der Waals surface area contributed by atoms with Crippen LogP contribution in [-0.4, -0.2) is 45.0 Å². The highest BCUT2D eigenvalue weighted by molar-refractivity contribution is 7.89. The number of likely N-dealkylation sites (tertiary alicyclic amines) is 1. The Bertz CT molecular complexity index is 584. The van der Waals surface area contributed by atoms with Crippen molar-refractivity contribution in [3.05, 3.63) is 24.0 Å². The van der Waals surface area contributed by atoms with Crippen LogP contribution in [0.4, 0.5) is 0 Å². The molecule has 0 bridgehead atoms. The van der Waals surface area contributed by atoms with Crippen molar-refractivity contribution in [2.75, 3.05) is 26.7 Å². The lowest BCUT2D eigenvalue weighted by Gasteiger charge is -2.28. The lowest BCUT2D eigenvalue weighted by molar-refractivity contribution is 0.220. The van der Waals surface area contributed by atoms with Gasteiger partial charge in [0.25, 0.3) is 0 Å². The van der Waals surface area contributed by atoms with E-state index in [9.17, 15) is 8.42 Å². The topological polar surface area (TPSA) is 86.1 Å². The molecule has 0 unspecified atom stereocenters. The second-order valence-corrected chi connectivity index (χ2v) is 6.86. The highest BCUT2D eigenvalue weighted by Gasteiger charge is 2.20. The van der Waals surface area contributed by atoms with Crippen LogP contribution in [0.3, 0.4) is 0 Å². The zero-order valence-corrected chi connectivity index (χ0v) is 12.2. The van der Waals surface area contributed by atoms with Gasteiger partial charge in [-0.2, -0.15) is 5.26 Å². The number of hydrogen-bond acceptors (Lipinski definition) is 5. The van der Waals surface area contributed by atoms with E-state index >= 15 is 0 Å². The van der Waals surface area contributed by atoms with Crippen LogP contribution in [0.1, 0.15) is 18.5 Å². The summed E-state index contributed by atoms with van der Waals surface area (Å²) in [5.41, 5.74) is 0.208. The summed E-state index contributed by atoms with van der Waals surface area (Å²) in [6.07, 6.45) is 3.23. The molecule has 1 aromatic rings. The zero-order valence-electron chi connectivity index (χ0n) is 11.4. The lowest BCUT2D eigenvalue weighted by Crippen LogP contribution is -2.36. The predicted molar refractivity (Wildman–Crippen MR) is 74.4 cm³/mol. The minimum absolute atomic E-state index is 0.101. The second-order valence-electron chi connectivity index (χ2n) is 5.09. The van der Waals surface area contributed by atoms with E-state index in [0.29, 0.717) is 12.5 Å². The molecule has 6 nitrogen and oxygen atoms in total. The van der Waals surface area contributed by atoms with Crippen LogP contribution in [0.5, 0.6) is 0 Å². The van der Waals surface area contributed by atoms with Gasteiger partial charge in [-0.3, -0.25) is 0 Å². The molecule has 1 aromatic heterocycles. The fourth-order valence-corrected chi connectivity index (χ4v) is 3.24. The minimum atomic E-state index is -3.53. The van der Waals surface area contributed by atoms with Crippen molar-refractivity contribution in [3.8, 4) is 6.07 Å². The predicted octanol–water partition coefficient (Wildman–Crippen LogP) is 0.573. The molecular weight excluding hydrogens is 276 g/mol. The molecule has 7 heteroatoms. The van der Waals surface area contributed by atoms with Crippen LogP contribution in [0, 0.1) is 17.2 Å². The third-order valence-corrected chi connectivity index (χ3v) is 4.97. The summed E-state index contributed by atoms with van der Waals surface area (Å²) in [6.45, 7) is 2.46. The van der Waals surface area contributed by atoms with Crippen LogP contribution in [-0.2, 0) is 10.0 Å². The van der Waals surface area contributed by atoms with Gasteiger partial charge in [0.05, 0.1) is 0 Å². The average Bonchev–Trinajstić information content (AvgIpc) is 2.47. The van der Waals surface area contributed by atoms with Gasteiger partial charge in [0.15, 0.2) is 0 Å². The molecule has 0 aromatic carbocycles. The number of nitriles is 1. The third kappa shape index (κ3) is 3.76. The number of rotatable bonds is 4. The SMILES string of the molecule is CN1CCC(CNS(=O)(=O)c2ccc(C#N)nc2)CC1. The first kappa shape index (κ1) is 14.9. The fourth-order valence-electron chi connectivity index (χ4n) is 2.18. The van der Waals surface area contributed by atoms with Crippen molar-refractivity contribution >= 4 is 10.0 Å². The summed E-state index contributed by atoms with van der Waals surface area (Å²) in [5, 5.41) is 8.64. The van der Waals surface area contributed by atoms with Crippen molar-refractivity contribution < 1.29 is 8.42 Å². The molecule has 108 valence electrons. The molecule has 1 fully saturated rings. The van der Waals surface area contributed by atoms with Crippen molar-refractivity contribution in [1.82, 2.24) is 14.6 Å². The molecule has 0 radical (unpaired) electrons. The molecule has 0 spiro atoms. The Hall–Kier alpha value is -1.49. The largest absolute Gasteiger partial charge is 0.306 e. The Kier molecular flexibility index (Phi) is 4.70. The van der Waals surface area contributed by atoms with Gasteiger partial charge in [-0.1, -0.05) is 0 Å². The molecule has 20 heavy (non-hydrogen) atoms. The minimum Gasteiger partial charge on any atom is -0.306 e. The van der Waals surface area contributed by atoms with E-state index in [0.717, 1.165) is 25.9 Å². The maximum absolute atomic E-state index is 12.1. The number of pyridine rings is 1. The molecule has 0 amide bonds. The number of nitrogens with one attached hydrogen (secondary N) is 1. The normalized spacial score (nSPS) is 17.8. The van der Waals surface area contributed by atoms with E-state index in [1.165, 1.54) is 18.3 Å². The Labute approximate surface area is 119 Å². The van der Waals surface area contributed by atoms with Crippen LogP contribution in [0.15, 0.2) is 23.2 Å². The van der Waals surface area contributed by atoms with Crippen molar-refractivity contribution in [2.45, 2.75) is 17.7 Å². The summed E-state index contributed by atoms with van der Waals surface area (Å²) < 4.78 is 26.8. The molecule has 2 heterocycles. The van der Waals surface area contributed by atoms with Crippen LogP contribution < -0.4 is 4.72 Å². The number of hydrogen-bond donors (Lipinski definition) is 1. The summed E-state index contributed by atoms with van der Waals surface area (Å²) in [7, 11) is -1.46. The standard InChI is InChI=1S/C13H18N4O2S/c1-17-6-4-11(5-7-17)9-16-20(18,19)13-3-2-12(8-14)15-10-13/h2-3,10-11,16H,4-7,9H2,1H3. The third-order valence-electron chi connectivity index (χ3n) is 3.56. The van der Waals surface area contributed by atoms with Gasteiger partial charge >= 0.3 is 0 Å². The average molecular weight is 294 g/mol. The number of piperidine rings is 1. The zero-order chi connectivity index (χ0) is 14.6. The van der Waals surface area contributed by atoms with Gasteiger partial charge < -0.3 is 4.90 Å². The van der Waals surface area contributed by atoms with Gasteiger partial charge in [-0.05, 0) is 51.0 Å². The molecule has 1 aliphatic heterocycles. The van der Waals surface area contributed by atoms with Crippen LogP contribution >= 0.6 is 0 Å². The van der Waals surface area contributed by atoms with Crippen LogP contribution in [0.25, 0.3) is 0 Å². The first-order valence-corrected chi connectivity index (χ1v) is 8.04. The first-order valence-electron chi connectivity index (χ1n) is 6.55. The first-order chi connectivity index (χ1) is 9.51. The molecule has 0 aliphatic carbocycles. The van der Waals surface area contributed by atoms with Crippen LogP contribution in [0.2, 0.25) is 0 Å². The van der Waals surface area contributed by atoms with E-state index in [2.05, 4.69) is 21.7 Å². The summed E-state index contributed by atoms with van der Waals surface area (Å²) in [6, 6.07) is 4.67. The summed E-state index contributed by atoms with van der Waals surface area (Å²) >= 11 is 0. The smallest absolute Gasteiger partial charge is 0.242 e. The van der Waals surface area contributed by atoms with E-state index in [1.54, 1.807) is 0 Å². The Morgan fingerprint density at radius 1 is 1.45 bits per heavy atom. The quantitative estimate of drug-likeness (QED) is 0.877. The number of sulfonamides is 1. The lowest BCUT2D eigenvalue weighted by atomic mass is 9.98. The van der Waals surface area contributed by atoms with Gasteiger partial charge in [0.2, 0.25) is 10.0 Å². The van der Waals surface area contributed by atoms with E-state index in [4.69, 9.17) is 5.26 Å². The molecule has 2 rings (SSSR count). The maximum Gasteiger partial charge on any atom is 0.242 e. The monoisotopic (exact) mass is 294 g/mol. The van der Waals surface area contributed by atoms with Crippen molar-refractivity contribution in [1.29, 1.82) is 5.26 Å². The van der Waals surface area contributed by atoms with E-state index in [-0.39, 0.29) is 10.6 Å². The van der Waals surface area contributed by atoms with Gasteiger partial charge in [0.1, 0.15) is 16.7 Å². The number of nitrogens with zero attached hydrogens (tertiary/aromatic N) is 3. The van der Waals surface area contributed by atoms with E-state index < -0.39 is 10.0 Å². The highest BCUT2D eigenvalue weighted by atomic mass is 32.2. The fraction of sp³-hybridized carbons (Fsp3) is 0.538. The Morgan fingerprint density at radius 2 is 2.15 bits per heavy atom. The maximum atomic E-state index is 12.1. The van der Waals surface area contributed by atoms with Crippen molar-refractivity contribution in [3.63, 3.8) is 0 Å². The number of aromatic nitrogens is 1. The second kappa shape index (κ2) is 6.31. The molecule has 0 atom stereocenters. The van der Waals surface area contributed by atoms with Gasteiger partial charge in [-0.15, -0.1) is 0 Å². The molecule has 1 aliphatic rings. The molecule has 1 saturated heterocycles. The van der Waals surface area contributed by atoms with E-state index in [1.807, 2.05) is 6.07 Å². The van der Waals surface area contributed by atoms with Gasteiger partial charge in [0, 0.05) is 12.7 Å². The summed E-state index contributed by atoms with van der Waals surface area (Å²) in [5.74, 6) is 0.382. The Morgan fingerprint density at radius 3 is 2.70 bits per heavy atom. The van der Waals surface area contributed by atoms with Gasteiger partial charge in [-0.25, -0.2) is 18.1 Å². The highest BCUT2D eigenvalue weighted by Crippen LogP contribution is 2.16. The molecule has 1 N–H and O–H groups in total. The molecule has 0 saturated carbocycles.